The molecular weight excluding hydrogens is 401 g/mol. The molecule has 3 aliphatic rings. The van der Waals surface area contributed by atoms with Crippen molar-refractivity contribution in [3.05, 3.63) is 65.0 Å². The van der Waals surface area contributed by atoms with E-state index in [0.717, 1.165) is 83.1 Å². The number of rotatable bonds is 6. The molecule has 2 fully saturated rings. The Morgan fingerprint density at radius 3 is 2.44 bits per heavy atom. The standard InChI is InChI=1S/C27H34FN3O/c28-23-7-3-20(4-8-23)9-15-30-16-11-24(12-17-30)31-18-10-21-5-6-22(19-25(21)31)27(26(29)32)13-1-2-14-27/h3-8,19,24H,1-2,9-18H2,(H2,29,32). The first-order valence-corrected chi connectivity index (χ1v) is 12.2. The van der Waals surface area contributed by atoms with Crippen LogP contribution in [0.4, 0.5) is 10.1 Å². The zero-order chi connectivity index (χ0) is 22.1. The van der Waals surface area contributed by atoms with Crippen LogP contribution >= 0.6 is 0 Å². The number of anilines is 1. The molecule has 2 aromatic rings. The fourth-order valence-corrected chi connectivity index (χ4v) is 6.13. The molecule has 0 unspecified atom stereocenters. The lowest BCUT2D eigenvalue weighted by molar-refractivity contribution is -0.123. The Morgan fingerprint density at radius 2 is 1.75 bits per heavy atom. The van der Waals surface area contributed by atoms with E-state index in [-0.39, 0.29) is 11.7 Å². The number of hydrogen-bond acceptors (Lipinski definition) is 3. The first kappa shape index (κ1) is 21.4. The van der Waals surface area contributed by atoms with Crippen LogP contribution in [0.1, 0.15) is 55.2 Å². The van der Waals surface area contributed by atoms with Crippen molar-refractivity contribution in [3.8, 4) is 0 Å². The zero-order valence-electron chi connectivity index (χ0n) is 18.9. The maximum absolute atomic E-state index is 13.1. The molecule has 1 saturated carbocycles. The van der Waals surface area contributed by atoms with Crippen molar-refractivity contribution in [1.82, 2.24) is 4.90 Å². The molecule has 170 valence electrons. The van der Waals surface area contributed by atoms with Gasteiger partial charge in [-0.3, -0.25) is 4.79 Å². The average molecular weight is 436 g/mol. The lowest BCUT2D eigenvalue weighted by atomic mass is 9.77. The molecule has 32 heavy (non-hydrogen) atoms. The van der Waals surface area contributed by atoms with Gasteiger partial charge in [-0.05, 0) is 73.4 Å². The molecule has 2 aliphatic heterocycles. The second kappa shape index (κ2) is 8.86. The summed E-state index contributed by atoms with van der Waals surface area (Å²) in [5.41, 5.74) is 10.5. The minimum atomic E-state index is -0.465. The summed E-state index contributed by atoms with van der Waals surface area (Å²) in [7, 11) is 0. The van der Waals surface area contributed by atoms with E-state index in [2.05, 4.69) is 28.0 Å². The van der Waals surface area contributed by atoms with Gasteiger partial charge in [0, 0.05) is 37.9 Å². The van der Waals surface area contributed by atoms with Gasteiger partial charge < -0.3 is 15.5 Å². The van der Waals surface area contributed by atoms with Crippen molar-refractivity contribution in [2.45, 2.75) is 62.8 Å². The Bertz CT molecular complexity index is 959. The molecule has 2 N–H and O–H groups in total. The third kappa shape index (κ3) is 4.03. The highest BCUT2D eigenvalue weighted by molar-refractivity contribution is 5.87. The number of likely N-dealkylation sites (tertiary alicyclic amines) is 1. The van der Waals surface area contributed by atoms with Crippen molar-refractivity contribution in [2.24, 2.45) is 5.73 Å². The van der Waals surface area contributed by atoms with Crippen molar-refractivity contribution < 1.29 is 9.18 Å². The third-order valence-electron chi connectivity index (χ3n) is 8.13. The number of halogens is 1. The molecule has 2 aromatic carbocycles. The minimum absolute atomic E-state index is 0.158. The topological polar surface area (TPSA) is 49.6 Å². The molecule has 5 heteroatoms. The molecule has 2 heterocycles. The normalized spacial score (nSPS) is 21.1. The van der Waals surface area contributed by atoms with Gasteiger partial charge in [-0.25, -0.2) is 4.39 Å². The maximum atomic E-state index is 13.1. The Kier molecular flexibility index (Phi) is 5.93. The fourth-order valence-electron chi connectivity index (χ4n) is 6.13. The van der Waals surface area contributed by atoms with Crippen molar-refractivity contribution in [1.29, 1.82) is 0 Å². The van der Waals surface area contributed by atoms with Gasteiger partial charge in [-0.1, -0.05) is 37.1 Å². The van der Waals surface area contributed by atoms with Crippen LogP contribution in [0.25, 0.3) is 0 Å². The van der Waals surface area contributed by atoms with Gasteiger partial charge in [0.15, 0.2) is 0 Å². The van der Waals surface area contributed by atoms with Crippen LogP contribution in [0, 0.1) is 5.82 Å². The van der Waals surface area contributed by atoms with E-state index >= 15 is 0 Å². The van der Waals surface area contributed by atoms with E-state index in [0.29, 0.717) is 6.04 Å². The number of carbonyl (C=O) groups excluding carboxylic acids is 1. The molecule has 0 atom stereocenters. The van der Waals surface area contributed by atoms with Gasteiger partial charge in [0.1, 0.15) is 5.82 Å². The first-order valence-electron chi connectivity index (χ1n) is 12.2. The second-order valence-electron chi connectivity index (χ2n) is 9.89. The van der Waals surface area contributed by atoms with E-state index in [4.69, 9.17) is 5.73 Å². The van der Waals surface area contributed by atoms with Crippen LogP contribution < -0.4 is 10.6 Å². The summed E-state index contributed by atoms with van der Waals surface area (Å²) < 4.78 is 13.1. The summed E-state index contributed by atoms with van der Waals surface area (Å²) >= 11 is 0. The molecular formula is C27H34FN3O. The van der Waals surface area contributed by atoms with Crippen LogP contribution in [0.3, 0.4) is 0 Å². The number of benzene rings is 2. The molecule has 0 bridgehead atoms. The number of nitrogens with two attached hydrogens (primary N) is 1. The summed E-state index contributed by atoms with van der Waals surface area (Å²) in [6.07, 6.45) is 8.31. The van der Waals surface area contributed by atoms with Crippen LogP contribution in [-0.4, -0.2) is 43.0 Å². The summed E-state index contributed by atoms with van der Waals surface area (Å²) in [6.45, 7) is 4.30. The predicted molar refractivity (Wildman–Crippen MR) is 126 cm³/mol. The van der Waals surface area contributed by atoms with Crippen LogP contribution in [0.15, 0.2) is 42.5 Å². The number of carbonyl (C=O) groups is 1. The van der Waals surface area contributed by atoms with Crippen molar-refractivity contribution >= 4 is 11.6 Å². The highest BCUT2D eigenvalue weighted by Crippen LogP contribution is 2.44. The summed E-state index contributed by atoms with van der Waals surface area (Å²) in [6, 6.07) is 14.1. The predicted octanol–water partition coefficient (Wildman–Crippen LogP) is 4.19. The molecule has 0 spiro atoms. The molecule has 0 aromatic heterocycles. The Morgan fingerprint density at radius 1 is 1.03 bits per heavy atom. The number of primary amides is 1. The van der Waals surface area contributed by atoms with E-state index in [1.807, 2.05) is 12.1 Å². The number of piperidine rings is 1. The Balaban J connectivity index is 1.23. The number of amides is 1. The monoisotopic (exact) mass is 435 g/mol. The molecule has 5 rings (SSSR count). The van der Waals surface area contributed by atoms with Crippen molar-refractivity contribution in [2.75, 3.05) is 31.1 Å². The van der Waals surface area contributed by atoms with Gasteiger partial charge in [0.2, 0.25) is 5.91 Å². The van der Waals surface area contributed by atoms with Gasteiger partial charge in [0.05, 0.1) is 5.41 Å². The fraction of sp³-hybridized carbons (Fsp3) is 0.519. The SMILES string of the molecule is NC(=O)C1(c2ccc3c(c2)N(C2CCN(CCc4ccc(F)cc4)CC2)CC3)CCCC1. The van der Waals surface area contributed by atoms with Gasteiger partial charge in [-0.2, -0.15) is 0 Å². The zero-order valence-corrected chi connectivity index (χ0v) is 18.9. The van der Waals surface area contributed by atoms with E-state index in [9.17, 15) is 9.18 Å². The Labute approximate surface area is 190 Å². The van der Waals surface area contributed by atoms with E-state index in [1.165, 1.54) is 16.8 Å². The highest BCUT2D eigenvalue weighted by Gasteiger charge is 2.42. The smallest absolute Gasteiger partial charge is 0.228 e. The van der Waals surface area contributed by atoms with Gasteiger partial charge in [0.25, 0.3) is 0 Å². The summed E-state index contributed by atoms with van der Waals surface area (Å²) in [5.74, 6) is -0.327. The van der Waals surface area contributed by atoms with E-state index < -0.39 is 5.41 Å². The summed E-state index contributed by atoms with van der Waals surface area (Å²) in [4.78, 5) is 17.5. The molecule has 4 nitrogen and oxygen atoms in total. The quantitative estimate of drug-likeness (QED) is 0.740. The maximum Gasteiger partial charge on any atom is 0.228 e. The van der Waals surface area contributed by atoms with Gasteiger partial charge in [-0.15, -0.1) is 0 Å². The van der Waals surface area contributed by atoms with Crippen LogP contribution in [-0.2, 0) is 23.1 Å². The molecule has 1 amide bonds. The van der Waals surface area contributed by atoms with Crippen molar-refractivity contribution in [3.63, 3.8) is 0 Å². The van der Waals surface area contributed by atoms with Gasteiger partial charge >= 0.3 is 0 Å². The number of hydrogen-bond donors (Lipinski definition) is 1. The second-order valence-corrected chi connectivity index (χ2v) is 9.89. The third-order valence-corrected chi connectivity index (χ3v) is 8.13. The van der Waals surface area contributed by atoms with Crippen LogP contribution in [0.5, 0.6) is 0 Å². The largest absolute Gasteiger partial charge is 0.369 e. The lowest BCUT2D eigenvalue weighted by Crippen LogP contribution is -2.45. The minimum Gasteiger partial charge on any atom is -0.369 e. The number of fused-ring (bicyclic) bond motifs is 1. The molecule has 1 saturated heterocycles. The van der Waals surface area contributed by atoms with E-state index in [1.54, 1.807) is 12.1 Å². The average Bonchev–Trinajstić information content (AvgIpc) is 3.47. The lowest BCUT2D eigenvalue weighted by Gasteiger charge is -2.38. The number of nitrogens with zero attached hydrogens (tertiary/aromatic N) is 2. The summed E-state index contributed by atoms with van der Waals surface area (Å²) in [5, 5.41) is 0. The first-order chi connectivity index (χ1) is 15.5. The highest BCUT2D eigenvalue weighted by atomic mass is 19.1. The van der Waals surface area contributed by atoms with Crippen LogP contribution in [0.2, 0.25) is 0 Å². The molecule has 1 aliphatic carbocycles. The Hall–Kier alpha value is -2.40. The molecule has 0 radical (unpaired) electrons.